The summed E-state index contributed by atoms with van der Waals surface area (Å²) in [4.78, 5) is 0. The van der Waals surface area contributed by atoms with Crippen molar-refractivity contribution in [1.82, 2.24) is 5.32 Å². The fraction of sp³-hybridized carbons (Fsp3) is 0.600. The largest absolute Gasteiger partial charge is 0.316 e. The van der Waals surface area contributed by atoms with Gasteiger partial charge in [-0.1, -0.05) is 51.1 Å². The van der Waals surface area contributed by atoms with Gasteiger partial charge in [-0.2, -0.15) is 0 Å². The van der Waals surface area contributed by atoms with Crippen LogP contribution in [0.1, 0.15) is 39.2 Å². The van der Waals surface area contributed by atoms with Crippen LogP contribution in [0.2, 0.25) is 0 Å². The summed E-state index contributed by atoms with van der Waals surface area (Å²) >= 11 is 0. The monoisotopic (exact) mass is 219 g/mol. The molecule has 0 fully saturated rings. The molecule has 0 heterocycles. The number of hydrogen-bond acceptors (Lipinski definition) is 1. The van der Waals surface area contributed by atoms with Crippen molar-refractivity contribution in [2.24, 2.45) is 5.41 Å². The molecular weight excluding hydrogens is 194 g/mol. The van der Waals surface area contributed by atoms with Crippen molar-refractivity contribution < 1.29 is 0 Å². The van der Waals surface area contributed by atoms with Gasteiger partial charge >= 0.3 is 0 Å². The van der Waals surface area contributed by atoms with Crippen molar-refractivity contribution in [2.75, 3.05) is 7.05 Å². The summed E-state index contributed by atoms with van der Waals surface area (Å²) in [6.07, 6.45) is 3.69. The molecule has 90 valence electrons. The Hall–Kier alpha value is -0.820. The summed E-state index contributed by atoms with van der Waals surface area (Å²) in [5.74, 6) is 0. The molecule has 1 atom stereocenters. The predicted molar refractivity (Wildman–Crippen MR) is 71.7 cm³/mol. The van der Waals surface area contributed by atoms with Crippen LogP contribution >= 0.6 is 0 Å². The second kappa shape index (κ2) is 6.05. The highest BCUT2D eigenvalue weighted by molar-refractivity contribution is 5.14. The maximum Gasteiger partial charge on any atom is 0.0113 e. The highest BCUT2D eigenvalue weighted by atomic mass is 14.9. The minimum Gasteiger partial charge on any atom is -0.316 e. The summed E-state index contributed by atoms with van der Waals surface area (Å²) in [7, 11) is 2.07. The van der Waals surface area contributed by atoms with E-state index in [-0.39, 0.29) is 0 Å². The highest BCUT2D eigenvalue weighted by Crippen LogP contribution is 2.23. The smallest absolute Gasteiger partial charge is 0.0113 e. The maximum absolute atomic E-state index is 3.43. The SMILES string of the molecule is CNC(CCCc1ccccc1)C(C)(C)C. The number of nitrogens with one attached hydrogen (secondary N) is 1. The Morgan fingerprint density at radius 3 is 2.25 bits per heavy atom. The molecule has 0 aliphatic rings. The number of benzene rings is 1. The zero-order valence-electron chi connectivity index (χ0n) is 11.1. The first-order chi connectivity index (χ1) is 7.54. The van der Waals surface area contributed by atoms with Crippen LogP contribution in [-0.2, 0) is 6.42 Å². The third-order valence-electron chi connectivity index (χ3n) is 3.19. The van der Waals surface area contributed by atoms with E-state index in [1.54, 1.807) is 0 Å². The molecule has 0 amide bonds. The molecule has 0 spiro atoms. The van der Waals surface area contributed by atoms with Crippen molar-refractivity contribution in [2.45, 2.75) is 46.1 Å². The first kappa shape index (κ1) is 13.2. The Morgan fingerprint density at radius 2 is 1.75 bits per heavy atom. The Bertz CT molecular complexity index is 284. The highest BCUT2D eigenvalue weighted by Gasteiger charge is 2.21. The zero-order valence-corrected chi connectivity index (χ0v) is 11.1. The summed E-state index contributed by atoms with van der Waals surface area (Å²) in [6, 6.07) is 11.4. The van der Waals surface area contributed by atoms with Crippen molar-refractivity contribution in [3.05, 3.63) is 35.9 Å². The van der Waals surface area contributed by atoms with E-state index in [0.717, 1.165) is 0 Å². The van der Waals surface area contributed by atoms with Gasteiger partial charge < -0.3 is 5.32 Å². The van der Waals surface area contributed by atoms with E-state index >= 15 is 0 Å². The van der Waals surface area contributed by atoms with E-state index in [0.29, 0.717) is 11.5 Å². The predicted octanol–water partition coefficient (Wildman–Crippen LogP) is 3.64. The molecule has 0 saturated heterocycles. The molecule has 1 aromatic rings. The van der Waals surface area contributed by atoms with E-state index < -0.39 is 0 Å². The number of hydrogen-bond donors (Lipinski definition) is 1. The lowest BCUT2D eigenvalue weighted by molar-refractivity contribution is 0.263. The van der Waals surface area contributed by atoms with Gasteiger partial charge in [-0.05, 0) is 37.3 Å². The molecular formula is C15H25N. The first-order valence-corrected chi connectivity index (χ1v) is 6.25. The van der Waals surface area contributed by atoms with Crippen LogP contribution in [0.3, 0.4) is 0 Å². The van der Waals surface area contributed by atoms with Crippen molar-refractivity contribution in [3.8, 4) is 0 Å². The summed E-state index contributed by atoms with van der Waals surface area (Å²) < 4.78 is 0. The third kappa shape index (κ3) is 4.36. The van der Waals surface area contributed by atoms with Gasteiger partial charge in [-0.15, -0.1) is 0 Å². The van der Waals surface area contributed by atoms with Gasteiger partial charge in [0.05, 0.1) is 0 Å². The minimum absolute atomic E-state index is 0.353. The molecule has 1 N–H and O–H groups in total. The normalized spacial score (nSPS) is 13.8. The van der Waals surface area contributed by atoms with Crippen LogP contribution in [0.25, 0.3) is 0 Å². The van der Waals surface area contributed by atoms with Crippen molar-refractivity contribution >= 4 is 0 Å². The minimum atomic E-state index is 0.353. The maximum atomic E-state index is 3.43. The molecule has 0 bridgehead atoms. The van der Waals surface area contributed by atoms with E-state index in [1.807, 2.05) is 0 Å². The average molecular weight is 219 g/mol. The van der Waals surface area contributed by atoms with Crippen LogP contribution in [0.4, 0.5) is 0 Å². The van der Waals surface area contributed by atoms with Crippen LogP contribution in [0.5, 0.6) is 0 Å². The van der Waals surface area contributed by atoms with Gasteiger partial charge in [0.15, 0.2) is 0 Å². The Balaban J connectivity index is 2.35. The zero-order chi connectivity index (χ0) is 12.0. The molecule has 1 aromatic carbocycles. The molecule has 1 unspecified atom stereocenters. The van der Waals surface area contributed by atoms with Gasteiger partial charge in [0, 0.05) is 6.04 Å². The van der Waals surface area contributed by atoms with Crippen molar-refractivity contribution in [3.63, 3.8) is 0 Å². The van der Waals surface area contributed by atoms with E-state index in [2.05, 4.69) is 63.5 Å². The molecule has 0 aromatic heterocycles. The van der Waals surface area contributed by atoms with Crippen LogP contribution in [0, 0.1) is 5.41 Å². The molecule has 1 nitrogen and oxygen atoms in total. The van der Waals surface area contributed by atoms with E-state index in [4.69, 9.17) is 0 Å². The molecule has 0 aliphatic carbocycles. The lowest BCUT2D eigenvalue weighted by atomic mass is 9.83. The van der Waals surface area contributed by atoms with Crippen LogP contribution < -0.4 is 5.32 Å². The number of rotatable bonds is 5. The second-order valence-electron chi connectivity index (χ2n) is 5.59. The quantitative estimate of drug-likeness (QED) is 0.797. The number of aryl methyl sites for hydroxylation is 1. The summed E-state index contributed by atoms with van der Waals surface area (Å²) in [5, 5.41) is 3.43. The first-order valence-electron chi connectivity index (χ1n) is 6.25. The lowest BCUT2D eigenvalue weighted by Gasteiger charge is -2.30. The fourth-order valence-corrected chi connectivity index (χ4v) is 2.17. The van der Waals surface area contributed by atoms with Gasteiger partial charge in [-0.25, -0.2) is 0 Å². The van der Waals surface area contributed by atoms with Gasteiger partial charge in [0.2, 0.25) is 0 Å². The van der Waals surface area contributed by atoms with E-state index in [9.17, 15) is 0 Å². The van der Waals surface area contributed by atoms with Gasteiger partial charge in [0.25, 0.3) is 0 Å². The molecule has 1 rings (SSSR count). The Morgan fingerprint density at radius 1 is 1.12 bits per heavy atom. The Labute approximate surface area is 100 Å². The Kier molecular flexibility index (Phi) is 5.01. The lowest BCUT2D eigenvalue weighted by Crippen LogP contribution is -2.37. The molecule has 0 aliphatic heterocycles. The van der Waals surface area contributed by atoms with Gasteiger partial charge in [-0.3, -0.25) is 0 Å². The summed E-state index contributed by atoms with van der Waals surface area (Å²) in [6.45, 7) is 6.91. The third-order valence-corrected chi connectivity index (χ3v) is 3.19. The van der Waals surface area contributed by atoms with Crippen LogP contribution in [-0.4, -0.2) is 13.1 Å². The fourth-order valence-electron chi connectivity index (χ4n) is 2.17. The standard InChI is InChI=1S/C15H25N/c1-15(2,3)14(16-4)12-8-11-13-9-6-5-7-10-13/h5-7,9-10,14,16H,8,11-12H2,1-4H3. The molecule has 1 heteroatoms. The molecule has 16 heavy (non-hydrogen) atoms. The summed E-state index contributed by atoms with van der Waals surface area (Å²) in [5.41, 5.74) is 1.80. The van der Waals surface area contributed by atoms with Crippen LogP contribution in [0.15, 0.2) is 30.3 Å². The molecule has 0 saturated carbocycles. The molecule has 0 radical (unpaired) electrons. The topological polar surface area (TPSA) is 12.0 Å². The van der Waals surface area contributed by atoms with E-state index in [1.165, 1.54) is 24.8 Å². The second-order valence-corrected chi connectivity index (χ2v) is 5.59. The van der Waals surface area contributed by atoms with Gasteiger partial charge in [0.1, 0.15) is 0 Å². The van der Waals surface area contributed by atoms with Crippen molar-refractivity contribution in [1.29, 1.82) is 0 Å². The average Bonchev–Trinajstić information content (AvgIpc) is 2.24.